The Balaban J connectivity index is 1.67. The molecule has 0 aromatic carbocycles. The fourth-order valence-electron chi connectivity index (χ4n) is 1.78. The van der Waals surface area contributed by atoms with E-state index in [0.29, 0.717) is 11.8 Å². The molecule has 0 saturated carbocycles. The highest BCUT2D eigenvalue weighted by atomic mass is 14.1. The molecule has 0 bridgehead atoms. The highest BCUT2D eigenvalue weighted by Crippen LogP contribution is 2.16. The van der Waals surface area contributed by atoms with Crippen LogP contribution in [0.4, 0.5) is 0 Å². The van der Waals surface area contributed by atoms with E-state index in [2.05, 4.69) is 60.8 Å². The van der Waals surface area contributed by atoms with Crippen LogP contribution in [0.25, 0.3) is 0 Å². The summed E-state index contributed by atoms with van der Waals surface area (Å²) in [5.74, 6) is 1.28. The molecular weight excluding hydrogens is 168 g/mol. The van der Waals surface area contributed by atoms with Gasteiger partial charge in [-0.25, -0.2) is 0 Å². The first-order valence-electron chi connectivity index (χ1n) is 5.30. The summed E-state index contributed by atoms with van der Waals surface area (Å²) < 4.78 is 0. The predicted octanol–water partition coefficient (Wildman–Crippen LogP) is 3.81. The molecule has 0 heterocycles. The molecule has 0 aromatic rings. The Morgan fingerprint density at radius 2 is 1.00 bits per heavy atom. The van der Waals surface area contributed by atoms with Crippen molar-refractivity contribution < 1.29 is 0 Å². The Kier molecular flexibility index (Phi) is 3.18. The maximum absolute atomic E-state index is 2.30. The first-order valence-corrected chi connectivity index (χ1v) is 5.30. The summed E-state index contributed by atoms with van der Waals surface area (Å²) in [6, 6.07) is 0. The van der Waals surface area contributed by atoms with E-state index in [4.69, 9.17) is 0 Å². The van der Waals surface area contributed by atoms with Gasteiger partial charge in [-0.3, -0.25) is 0 Å². The van der Waals surface area contributed by atoms with E-state index >= 15 is 0 Å². The molecule has 0 nitrogen and oxygen atoms in total. The Labute approximate surface area is 86.0 Å². The van der Waals surface area contributed by atoms with Crippen molar-refractivity contribution in [3.8, 4) is 0 Å². The summed E-state index contributed by atoms with van der Waals surface area (Å²) >= 11 is 0. The van der Waals surface area contributed by atoms with Gasteiger partial charge in [0.05, 0.1) is 0 Å². The Morgan fingerprint density at radius 3 is 1.36 bits per heavy atom. The van der Waals surface area contributed by atoms with Crippen molar-refractivity contribution in [2.24, 2.45) is 11.8 Å². The third-order valence-electron chi connectivity index (χ3n) is 2.64. The topological polar surface area (TPSA) is 0 Å². The van der Waals surface area contributed by atoms with Crippen molar-refractivity contribution in [2.75, 3.05) is 0 Å². The number of hydrogen-bond donors (Lipinski definition) is 0. The standard InChI is InChI=1S/C14H16/c1-2-8-13(7-1)11-5-6-12-14-9-3-4-10-14/h1-10,13-14H,11-12H2/b6-5+. The summed E-state index contributed by atoms with van der Waals surface area (Å²) in [5.41, 5.74) is 0. The summed E-state index contributed by atoms with van der Waals surface area (Å²) in [4.78, 5) is 0. The summed E-state index contributed by atoms with van der Waals surface area (Å²) in [5, 5.41) is 0. The number of hydrogen-bond acceptors (Lipinski definition) is 0. The van der Waals surface area contributed by atoms with Crippen LogP contribution in [0.15, 0.2) is 60.8 Å². The third-order valence-corrected chi connectivity index (χ3v) is 2.64. The van der Waals surface area contributed by atoms with E-state index in [-0.39, 0.29) is 0 Å². The predicted molar refractivity (Wildman–Crippen MR) is 61.9 cm³/mol. The van der Waals surface area contributed by atoms with Crippen molar-refractivity contribution >= 4 is 0 Å². The third kappa shape index (κ3) is 2.59. The minimum absolute atomic E-state index is 0.640. The maximum Gasteiger partial charge on any atom is -0.00127 e. The van der Waals surface area contributed by atoms with E-state index in [1.807, 2.05) is 0 Å². The molecule has 2 rings (SSSR count). The molecule has 0 amide bonds. The largest absolute Gasteiger partial charge is 0.0876 e. The van der Waals surface area contributed by atoms with Crippen LogP contribution in [0.1, 0.15) is 12.8 Å². The van der Waals surface area contributed by atoms with Crippen molar-refractivity contribution in [2.45, 2.75) is 12.8 Å². The van der Waals surface area contributed by atoms with Crippen molar-refractivity contribution in [1.82, 2.24) is 0 Å². The molecular formula is C14H16. The smallest absolute Gasteiger partial charge is 0.00127 e. The zero-order chi connectivity index (χ0) is 9.64. The van der Waals surface area contributed by atoms with Crippen LogP contribution < -0.4 is 0 Å². The van der Waals surface area contributed by atoms with Crippen LogP contribution in [-0.2, 0) is 0 Å². The van der Waals surface area contributed by atoms with E-state index in [1.54, 1.807) is 0 Å². The average molecular weight is 184 g/mol. The number of allylic oxidation sites excluding steroid dienone is 10. The lowest BCUT2D eigenvalue weighted by atomic mass is 10.0. The van der Waals surface area contributed by atoms with Crippen LogP contribution in [-0.4, -0.2) is 0 Å². The van der Waals surface area contributed by atoms with E-state index < -0.39 is 0 Å². The molecule has 0 N–H and O–H groups in total. The molecule has 2 aliphatic carbocycles. The molecule has 0 saturated heterocycles. The van der Waals surface area contributed by atoms with Gasteiger partial charge in [0.15, 0.2) is 0 Å². The average Bonchev–Trinajstić information content (AvgIpc) is 2.86. The van der Waals surface area contributed by atoms with E-state index in [9.17, 15) is 0 Å². The lowest BCUT2D eigenvalue weighted by Crippen LogP contribution is -1.87. The molecule has 2 aliphatic rings. The van der Waals surface area contributed by atoms with Gasteiger partial charge in [-0.2, -0.15) is 0 Å². The van der Waals surface area contributed by atoms with Crippen molar-refractivity contribution in [1.29, 1.82) is 0 Å². The summed E-state index contributed by atoms with van der Waals surface area (Å²) in [6.45, 7) is 0. The second-order valence-electron chi connectivity index (χ2n) is 3.81. The highest BCUT2D eigenvalue weighted by Gasteiger charge is 2.01. The van der Waals surface area contributed by atoms with E-state index in [1.165, 1.54) is 0 Å². The van der Waals surface area contributed by atoms with Gasteiger partial charge in [-0.05, 0) is 24.7 Å². The monoisotopic (exact) mass is 184 g/mol. The fraction of sp³-hybridized carbons (Fsp3) is 0.286. The molecule has 0 atom stereocenters. The molecule has 72 valence electrons. The normalized spacial score (nSPS) is 20.9. The Hall–Kier alpha value is -1.30. The molecule has 0 aromatic heterocycles. The Bertz CT molecular complexity index is 257. The van der Waals surface area contributed by atoms with Crippen LogP contribution in [0.3, 0.4) is 0 Å². The second kappa shape index (κ2) is 4.80. The lowest BCUT2D eigenvalue weighted by molar-refractivity contribution is 0.813. The van der Waals surface area contributed by atoms with Crippen molar-refractivity contribution in [3.63, 3.8) is 0 Å². The molecule has 0 radical (unpaired) electrons. The second-order valence-corrected chi connectivity index (χ2v) is 3.81. The van der Waals surface area contributed by atoms with Crippen molar-refractivity contribution in [3.05, 3.63) is 60.8 Å². The molecule has 14 heavy (non-hydrogen) atoms. The molecule has 0 unspecified atom stereocenters. The SMILES string of the molecule is C1=CC(C/C=C/CC2C=CC=C2)C=C1. The zero-order valence-corrected chi connectivity index (χ0v) is 8.34. The quantitative estimate of drug-likeness (QED) is 0.583. The zero-order valence-electron chi connectivity index (χ0n) is 8.34. The van der Waals surface area contributed by atoms with Crippen LogP contribution in [0.2, 0.25) is 0 Å². The minimum Gasteiger partial charge on any atom is -0.0876 e. The van der Waals surface area contributed by atoms with Gasteiger partial charge in [-0.1, -0.05) is 60.8 Å². The van der Waals surface area contributed by atoms with Gasteiger partial charge >= 0.3 is 0 Å². The van der Waals surface area contributed by atoms with Gasteiger partial charge < -0.3 is 0 Å². The van der Waals surface area contributed by atoms with Crippen LogP contribution >= 0.6 is 0 Å². The fourth-order valence-corrected chi connectivity index (χ4v) is 1.78. The Morgan fingerprint density at radius 1 is 0.643 bits per heavy atom. The first kappa shape index (κ1) is 9.26. The first-order chi connectivity index (χ1) is 6.95. The van der Waals surface area contributed by atoms with Gasteiger partial charge in [0.2, 0.25) is 0 Å². The van der Waals surface area contributed by atoms with Crippen LogP contribution in [0.5, 0.6) is 0 Å². The van der Waals surface area contributed by atoms with Gasteiger partial charge in [0.25, 0.3) is 0 Å². The van der Waals surface area contributed by atoms with Gasteiger partial charge in [-0.15, -0.1) is 0 Å². The minimum atomic E-state index is 0.640. The van der Waals surface area contributed by atoms with Gasteiger partial charge in [0.1, 0.15) is 0 Å². The molecule has 0 fully saturated rings. The van der Waals surface area contributed by atoms with Gasteiger partial charge in [0, 0.05) is 0 Å². The molecule has 0 heteroatoms. The maximum atomic E-state index is 2.30. The molecule has 0 aliphatic heterocycles. The lowest BCUT2D eigenvalue weighted by Gasteiger charge is -2.00. The van der Waals surface area contributed by atoms with Crippen LogP contribution in [0, 0.1) is 11.8 Å². The molecule has 0 spiro atoms. The highest BCUT2D eigenvalue weighted by molar-refractivity contribution is 5.20. The van der Waals surface area contributed by atoms with E-state index in [0.717, 1.165) is 12.8 Å². The summed E-state index contributed by atoms with van der Waals surface area (Å²) in [7, 11) is 0. The summed E-state index contributed by atoms with van der Waals surface area (Å²) in [6.07, 6.45) is 24.4. The number of rotatable bonds is 4.